The maximum absolute atomic E-state index is 13.0. The van der Waals surface area contributed by atoms with E-state index in [1.54, 1.807) is 7.11 Å². The minimum absolute atomic E-state index is 0.143. The average molecular weight is 378 g/mol. The fourth-order valence-corrected chi connectivity index (χ4v) is 7.08. The zero-order valence-corrected chi connectivity index (χ0v) is 15.2. The number of carbonyl (C=O) groups excluding carboxylic acids is 1. The third-order valence-electron chi connectivity index (χ3n) is 6.10. The summed E-state index contributed by atoms with van der Waals surface area (Å²) in [5.41, 5.74) is 0.900. The summed E-state index contributed by atoms with van der Waals surface area (Å²) in [7, 11) is 1.67. The number of para-hydroxylation sites is 1. The second-order valence-corrected chi connectivity index (χ2v) is 9.57. The summed E-state index contributed by atoms with van der Waals surface area (Å²) in [5, 5.41) is 3.21. The molecule has 0 heterocycles. The van der Waals surface area contributed by atoms with Gasteiger partial charge in [-0.15, -0.1) is 0 Å². The molecular weight excluding hydrogens is 354 g/mol. The van der Waals surface area contributed by atoms with E-state index in [-0.39, 0.29) is 15.6 Å². The number of methoxy groups -OCH3 is 1. The van der Waals surface area contributed by atoms with Crippen molar-refractivity contribution in [1.29, 1.82) is 0 Å². The van der Waals surface area contributed by atoms with Gasteiger partial charge >= 0.3 is 0 Å². The van der Waals surface area contributed by atoms with Crippen LogP contribution in [0.25, 0.3) is 0 Å². The number of rotatable bonds is 4. The van der Waals surface area contributed by atoms with Crippen LogP contribution < -0.4 is 10.1 Å². The topological polar surface area (TPSA) is 38.3 Å². The van der Waals surface area contributed by atoms with Crippen molar-refractivity contribution >= 4 is 21.8 Å². The molecule has 124 valence electrons. The molecule has 4 aliphatic rings. The number of alkyl halides is 1. The van der Waals surface area contributed by atoms with Gasteiger partial charge in [-0.05, 0) is 56.4 Å². The summed E-state index contributed by atoms with van der Waals surface area (Å²) >= 11 is 3.98. The van der Waals surface area contributed by atoms with Gasteiger partial charge in [0, 0.05) is 16.4 Å². The minimum atomic E-state index is -0.143. The molecule has 1 amide bonds. The van der Waals surface area contributed by atoms with Crippen LogP contribution in [0.5, 0.6) is 5.75 Å². The highest BCUT2D eigenvalue weighted by Gasteiger charge is 2.59. The Kier molecular flexibility index (Phi) is 3.71. The van der Waals surface area contributed by atoms with Crippen molar-refractivity contribution in [2.75, 3.05) is 7.11 Å². The molecule has 0 aliphatic heterocycles. The van der Waals surface area contributed by atoms with Crippen molar-refractivity contribution in [3.63, 3.8) is 0 Å². The van der Waals surface area contributed by atoms with Crippen LogP contribution in [0, 0.1) is 17.3 Å². The molecule has 0 aromatic heterocycles. The highest BCUT2D eigenvalue weighted by molar-refractivity contribution is 9.10. The van der Waals surface area contributed by atoms with Crippen LogP contribution in [0.3, 0.4) is 0 Å². The second-order valence-electron chi connectivity index (χ2n) is 7.89. The standard InChI is InChI=1S/C19H24BrNO2/c1-23-16-5-3-2-4-15(16)11-21-17(22)18-7-13-6-14(8-18)10-19(20,9-13)12-18/h2-5,13-14H,6-12H2,1H3,(H,21,22). The van der Waals surface area contributed by atoms with E-state index in [0.29, 0.717) is 6.54 Å². The molecule has 4 fully saturated rings. The maximum Gasteiger partial charge on any atom is 0.226 e. The highest BCUT2D eigenvalue weighted by Crippen LogP contribution is 2.64. The lowest BCUT2D eigenvalue weighted by atomic mass is 9.49. The SMILES string of the molecule is COc1ccccc1CNC(=O)C12CC3CC(CC(Br)(C3)C1)C2. The van der Waals surface area contributed by atoms with Gasteiger partial charge in [0.15, 0.2) is 0 Å². The average Bonchev–Trinajstić information content (AvgIpc) is 2.50. The van der Waals surface area contributed by atoms with E-state index in [2.05, 4.69) is 21.2 Å². The Labute approximate surface area is 146 Å². The maximum atomic E-state index is 13.0. The predicted octanol–water partition coefficient (Wildman–Crippen LogP) is 4.05. The molecule has 5 rings (SSSR count). The lowest BCUT2D eigenvalue weighted by Gasteiger charge is -2.59. The molecule has 4 saturated carbocycles. The number of amides is 1. The van der Waals surface area contributed by atoms with Crippen LogP contribution in [-0.4, -0.2) is 17.3 Å². The minimum Gasteiger partial charge on any atom is -0.496 e. The molecular formula is C19H24BrNO2. The van der Waals surface area contributed by atoms with E-state index in [4.69, 9.17) is 4.74 Å². The number of nitrogens with one attached hydrogen (secondary N) is 1. The third kappa shape index (κ3) is 2.69. The number of benzene rings is 1. The molecule has 23 heavy (non-hydrogen) atoms. The first-order valence-electron chi connectivity index (χ1n) is 8.61. The van der Waals surface area contributed by atoms with E-state index < -0.39 is 0 Å². The van der Waals surface area contributed by atoms with Crippen molar-refractivity contribution in [2.45, 2.75) is 49.4 Å². The molecule has 1 aromatic carbocycles. The Morgan fingerprint density at radius 3 is 2.61 bits per heavy atom. The largest absolute Gasteiger partial charge is 0.496 e. The van der Waals surface area contributed by atoms with Crippen LogP contribution in [0.15, 0.2) is 24.3 Å². The fourth-order valence-electron chi connectivity index (χ4n) is 5.63. The summed E-state index contributed by atoms with van der Waals surface area (Å²) in [4.78, 5) is 13.0. The molecule has 4 heteroatoms. The van der Waals surface area contributed by atoms with Gasteiger partial charge in [-0.1, -0.05) is 34.1 Å². The van der Waals surface area contributed by atoms with Gasteiger partial charge in [0.1, 0.15) is 5.75 Å². The van der Waals surface area contributed by atoms with E-state index >= 15 is 0 Å². The highest BCUT2D eigenvalue weighted by atomic mass is 79.9. The monoisotopic (exact) mass is 377 g/mol. The van der Waals surface area contributed by atoms with Crippen molar-refractivity contribution in [1.82, 2.24) is 5.32 Å². The molecule has 0 radical (unpaired) electrons. The van der Waals surface area contributed by atoms with Crippen LogP contribution in [0.2, 0.25) is 0 Å². The van der Waals surface area contributed by atoms with Crippen molar-refractivity contribution in [2.24, 2.45) is 17.3 Å². The molecule has 4 aliphatic carbocycles. The Morgan fingerprint density at radius 2 is 1.96 bits per heavy atom. The fraction of sp³-hybridized carbons (Fsp3) is 0.632. The Balaban J connectivity index is 1.49. The predicted molar refractivity (Wildman–Crippen MR) is 93.6 cm³/mol. The van der Waals surface area contributed by atoms with Gasteiger partial charge in [-0.25, -0.2) is 0 Å². The number of hydrogen-bond donors (Lipinski definition) is 1. The van der Waals surface area contributed by atoms with Crippen LogP contribution in [0.4, 0.5) is 0 Å². The van der Waals surface area contributed by atoms with E-state index in [1.165, 1.54) is 19.3 Å². The Morgan fingerprint density at radius 1 is 1.26 bits per heavy atom. The van der Waals surface area contributed by atoms with Gasteiger partial charge in [0.2, 0.25) is 5.91 Å². The van der Waals surface area contributed by atoms with Crippen LogP contribution in [-0.2, 0) is 11.3 Å². The number of ether oxygens (including phenoxy) is 1. The lowest BCUT2D eigenvalue weighted by Crippen LogP contribution is -2.58. The molecule has 4 bridgehead atoms. The van der Waals surface area contributed by atoms with Gasteiger partial charge < -0.3 is 10.1 Å². The summed E-state index contributed by atoms with van der Waals surface area (Å²) < 4.78 is 5.61. The quantitative estimate of drug-likeness (QED) is 0.803. The van der Waals surface area contributed by atoms with E-state index in [9.17, 15) is 4.79 Å². The molecule has 0 spiro atoms. The lowest BCUT2D eigenvalue weighted by molar-refractivity contribution is -0.144. The molecule has 0 saturated heterocycles. The van der Waals surface area contributed by atoms with Gasteiger partial charge in [0.05, 0.1) is 12.5 Å². The summed E-state index contributed by atoms with van der Waals surface area (Å²) in [6, 6.07) is 7.91. The van der Waals surface area contributed by atoms with Crippen LogP contribution >= 0.6 is 15.9 Å². The first-order valence-corrected chi connectivity index (χ1v) is 9.40. The number of carbonyl (C=O) groups is 1. The zero-order valence-electron chi connectivity index (χ0n) is 13.6. The Hall–Kier alpha value is -1.03. The first-order chi connectivity index (χ1) is 11.0. The van der Waals surface area contributed by atoms with Gasteiger partial charge in [-0.3, -0.25) is 4.79 Å². The number of halogens is 1. The summed E-state index contributed by atoms with van der Waals surface area (Å²) in [6.07, 6.45) is 7.00. The second kappa shape index (κ2) is 5.51. The summed E-state index contributed by atoms with van der Waals surface area (Å²) in [6.45, 7) is 0.551. The molecule has 2 atom stereocenters. The molecule has 1 aromatic rings. The number of hydrogen-bond acceptors (Lipinski definition) is 2. The van der Waals surface area contributed by atoms with Crippen molar-refractivity contribution < 1.29 is 9.53 Å². The molecule has 2 unspecified atom stereocenters. The third-order valence-corrected chi connectivity index (χ3v) is 7.03. The molecule has 3 nitrogen and oxygen atoms in total. The zero-order chi connectivity index (χ0) is 16.1. The summed E-state index contributed by atoms with van der Waals surface area (Å²) in [5.74, 6) is 2.55. The van der Waals surface area contributed by atoms with Crippen molar-refractivity contribution in [3.8, 4) is 5.75 Å². The normalized spacial score (nSPS) is 37.7. The Bertz CT molecular complexity index is 616. The van der Waals surface area contributed by atoms with E-state index in [0.717, 1.165) is 42.4 Å². The first kappa shape index (κ1) is 15.5. The van der Waals surface area contributed by atoms with Crippen LogP contribution in [0.1, 0.15) is 44.1 Å². The van der Waals surface area contributed by atoms with Gasteiger partial charge in [-0.2, -0.15) is 0 Å². The van der Waals surface area contributed by atoms with E-state index in [1.807, 2.05) is 24.3 Å². The van der Waals surface area contributed by atoms with Crippen molar-refractivity contribution in [3.05, 3.63) is 29.8 Å². The molecule has 1 N–H and O–H groups in total. The smallest absolute Gasteiger partial charge is 0.226 e. The van der Waals surface area contributed by atoms with Gasteiger partial charge in [0.25, 0.3) is 0 Å².